The highest BCUT2D eigenvalue weighted by molar-refractivity contribution is 6.04. The van der Waals surface area contributed by atoms with E-state index in [1.165, 1.54) is 24.9 Å². The average Bonchev–Trinajstić information content (AvgIpc) is 3.15. The number of nitrogens with one attached hydrogen (secondary N) is 2. The van der Waals surface area contributed by atoms with Gasteiger partial charge in [-0.05, 0) is 67.8 Å². The maximum absolute atomic E-state index is 12.5. The first-order valence-corrected chi connectivity index (χ1v) is 9.52. The van der Waals surface area contributed by atoms with Gasteiger partial charge < -0.3 is 15.5 Å². The average molecular weight is 364 g/mol. The molecule has 0 radical (unpaired) electrons. The second-order valence-electron chi connectivity index (χ2n) is 6.98. The van der Waals surface area contributed by atoms with Gasteiger partial charge in [-0.1, -0.05) is 0 Å². The third-order valence-electron chi connectivity index (χ3n) is 5.14. The summed E-state index contributed by atoms with van der Waals surface area (Å²) in [5.74, 6) is -0.154. The van der Waals surface area contributed by atoms with Gasteiger partial charge in [-0.3, -0.25) is 9.69 Å². The Balaban J connectivity index is 1.39. The molecule has 0 aromatic heterocycles. The van der Waals surface area contributed by atoms with E-state index in [4.69, 9.17) is 0 Å². The maximum atomic E-state index is 12.5. The first-order chi connectivity index (χ1) is 13.2. The molecule has 140 valence electrons. The monoisotopic (exact) mass is 364 g/mol. The second kappa shape index (κ2) is 7.70. The van der Waals surface area contributed by atoms with Crippen LogP contribution in [0.3, 0.4) is 0 Å². The third kappa shape index (κ3) is 3.89. The third-order valence-corrected chi connectivity index (χ3v) is 5.14. The minimum absolute atomic E-state index is 0.0963. The second-order valence-corrected chi connectivity index (χ2v) is 6.98. The molecule has 2 aromatic carbocycles. The minimum Gasteiger partial charge on any atom is -0.372 e. The van der Waals surface area contributed by atoms with Gasteiger partial charge in [-0.15, -0.1) is 0 Å². The zero-order chi connectivity index (χ0) is 18.6. The topological polar surface area (TPSA) is 64.7 Å². The number of anilines is 3. The summed E-state index contributed by atoms with van der Waals surface area (Å²) >= 11 is 0. The number of hydrogen-bond acceptors (Lipinski definition) is 3. The molecule has 0 bridgehead atoms. The Labute approximate surface area is 159 Å². The molecule has 0 spiro atoms. The normalized spacial score (nSPS) is 17.0. The molecule has 2 aliphatic heterocycles. The van der Waals surface area contributed by atoms with E-state index < -0.39 is 0 Å². The molecule has 2 heterocycles. The van der Waals surface area contributed by atoms with Crippen LogP contribution in [0, 0.1) is 0 Å². The van der Waals surface area contributed by atoms with Gasteiger partial charge in [-0.25, -0.2) is 4.79 Å². The fourth-order valence-electron chi connectivity index (χ4n) is 3.62. The highest BCUT2D eigenvalue weighted by Gasteiger charge is 2.21. The van der Waals surface area contributed by atoms with Crippen LogP contribution in [0.25, 0.3) is 0 Å². The molecule has 0 atom stereocenters. The molecule has 4 rings (SSSR count). The van der Waals surface area contributed by atoms with Crippen LogP contribution < -0.4 is 20.4 Å². The van der Waals surface area contributed by atoms with Crippen molar-refractivity contribution in [2.24, 2.45) is 0 Å². The molecular weight excluding hydrogens is 340 g/mol. The fraction of sp³-hybridized carbons (Fsp3) is 0.333. The number of benzene rings is 2. The lowest BCUT2D eigenvalue weighted by atomic mass is 10.1. The zero-order valence-corrected chi connectivity index (χ0v) is 15.3. The van der Waals surface area contributed by atoms with Crippen molar-refractivity contribution in [2.45, 2.75) is 19.3 Å². The van der Waals surface area contributed by atoms with Crippen molar-refractivity contribution in [1.29, 1.82) is 0 Å². The van der Waals surface area contributed by atoms with Crippen molar-refractivity contribution in [3.8, 4) is 0 Å². The van der Waals surface area contributed by atoms with Crippen LogP contribution in [-0.4, -0.2) is 38.1 Å². The van der Waals surface area contributed by atoms with E-state index in [1.54, 1.807) is 29.2 Å². The smallest absolute Gasteiger partial charge is 0.321 e. The number of amides is 3. The Kier molecular flexibility index (Phi) is 4.96. The summed E-state index contributed by atoms with van der Waals surface area (Å²) in [5, 5.41) is 5.71. The number of carbonyl (C=O) groups is 2. The Hall–Kier alpha value is -3.02. The van der Waals surface area contributed by atoms with Gasteiger partial charge in [0.2, 0.25) is 0 Å². The number of urea groups is 1. The summed E-state index contributed by atoms with van der Waals surface area (Å²) in [6.07, 6.45) is 3.80. The highest BCUT2D eigenvalue weighted by Crippen LogP contribution is 2.22. The first-order valence-electron chi connectivity index (χ1n) is 9.52. The zero-order valence-electron chi connectivity index (χ0n) is 15.3. The molecule has 2 N–H and O–H groups in total. The predicted molar refractivity (Wildman–Crippen MR) is 108 cm³/mol. The Morgan fingerprint density at radius 3 is 2.15 bits per heavy atom. The van der Waals surface area contributed by atoms with Crippen LogP contribution in [0.4, 0.5) is 21.9 Å². The van der Waals surface area contributed by atoms with Crippen molar-refractivity contribution in [2.75, 3.05) is 41.3 Å². The van der Waals surface area contributed by atoms with Crippen LogP contribution in [-0.2, 0) is 0 Å². The van der Waals surface area contributed by atoms with Crippen LogP contribution in [0.1, 0.15) is 29.6 Å². The molecule has 6 heteroatoms. The Morgan fingerprint density at radius 1 is 0.852 bits per heavy atom. The summed E-state index contributed by atoms with van der Waals surface area (Å²) in [6, 6.07) is 15.0. The van der Waals surface area contributed by atoms with Gasteiger partial charge >= 0.3 is 6.03 Å². The highest BCUT2D eigenvalue weighted by atomic mass is 16.2. The van der Waals surface area contributed by atoms with E-state index in [1.807, 2.05) is 12.1 Å². The van der Waals surface area contributed by atoms with Gasteiger partial charge in [0.05, 0.1) is 0 Å². The van der Waals surface area contributed by atoms with Crippen molar-refractivity contribution in [3.63, 3.8) is 0 Å². The van der Waals surface area contributed by atoms with Crippen LogP contribution in [0.2, 0.25) is 0 Å². The van der Waals surface area contributed by atoms with Crippen molar-refractivity contribution >= 4 is 29.0 Å². The lowest BCUT2D eigenvalue weighted by molar-refractivity contribution is 0.102. The van der Waals surface area contributed by atoms with Crippen LogP contribution in [0.5, 0.6) is 0 Å². The summed E-state index contributed by atoms with van der Waals surface area (Å²) in [4.78, 5) is 28.3. The summed E-state index contributed by atoms with van der Waals surface area (Å²) in [6.45, 7) is 3.50. The first kappa shape index (κ1) is 17.4. The Morgan fingerprint density at radius 2 is 1.52 bits per heavy atom. The van der Waals surface area contributed by atoms with Crippen molar-refractivity contribution in [1.82, 2.24) is 5.32 Å². The van der Waals surface area contributed by atoms with Gasteiger partial charge in [0.25, 0.3) is 5.91 Å². The van der Waals surface area contributed by atoms with Crippen LogP contribution in [0.15, 0.2) is 48.5 Å². The lowest BCUT2D eigenvalue weighted by Gasteiger charge is -2.28. The van der Waals surface area contributed by atoms with E-state index in [0.29, 0.717) is 18.7 Å². The summed E-state index contributed by atoms with van der Waals surface area (Å²) in [5.41, 5.74) is 3.36. The number of hydrogen-bond donors (Lipinski definition) is 2. The van der Waals surface area contributed by atoms with E-state index in [-0.39, 0.29) is 11.9 Å². The van der Waals surface area contributed by atoms with Gasteiger partial charge in [0.1, 0.15) is 0 Å². The summed E-state index contributed by atoms with van der Waals surface area (Å²) in [7, 11) is 0. The molecule has 27 heavy (non-hydrogen) atoms. The van der Waals surface area contributed by atoms with E-state index in [2.05, 4.69) is 27.7 Å². The maximum Gasteiger partial charge on any atom is 0.321 e. The van der Waals surface area contributed by atoms with E-state index in [9.17, 15) is 9.59 Å². The predicted octanol–water partition coefficient (Wildman–Crippen LogP) is 3.46. The molecule has 3 amide bonds. The fourth-order valence-corrected chi connectivity index (χ4v) is 3.62. The van der Waals surface area contributed by atoms with E-state index in [0.717, 1.165) is 24.5 Å². The number of carbonyl (C=O) groups excluding carboxylic acids is 2. The number of rotatable bonds is 4. The molecular formula is C21H24N4O2. The molecule has 2 aromatic rings. The number of nitrogens with zero attached hydrogens (tertiary/aromatic N) is 2. The van der Waals surface area contributed by atoms with Crippen molar-refractivity contribution < 1.29 is 9.59 Å². The molecule has 2 aliphatic rings. The molecule has 0 unspecified atom stereocenters. The standard InChI is InChI=1S/C21H24N4O2/c26-20(16-4-8-19(9-5-16)25-15-12-22-21(25)27)23-17-6-10-18(11-7-17)24-13-2-1-3-14-24/h4-11H,1-3,12-15H2,(H,22,27)(H,23,26). The van der Waals surface area contributed by atoms with Gasteiger partial charge in [0, 0.05) is 48.8 Å². The lowest BCUT2D eigenvalue weighted by Crippen LogP contribution is -2.29. The van der Waals surface area contributed by atoms with Crippen molar-refractivity contribution in [3.05, 3.63) is 54.1 Å². The van der Waals surface area contributed by atoms with Gasteiger partial charge in [-0.2, -0.15) is 0 Å². The molecule has 6 nitrogen and oxygen atoms in total. The SMILES string of the molecule is O=C(Nc1ccc(N2CCCCC2)cc1)c1ccc(N2CCNC2=O)cc1. The summed E-state index contributed by atoms with van der Waals surface area (Å²) < 4.78 is 0. The largest absolute Gasteiger partial charge is 0.372 e. The van der Waals surface area contributed by atoms with Gasteiger partial charge in [0.15, 0.2) is 0 Å². The molecule has 2 saturated heterocycles. The molecule has 0 aliphatic carbocycles. The van der Waals surface area contributed by atoms with Crippen LogP contribution >= 0.6 is 0 Å². The molecule has 0 saturated carbocycles. The quantitative estimate of drug-likeness (QED) is 0.873. The Bertz CT molecular complexity index is 811. The number of piperidine rings is 1. The minimum atomic E-state index is -0.154. The molecule has 2 fully saturated rings. The van der Waals surface area contributed by atoms with E-state index >= 15 is 0 Å².